The number of anilines is 1. The van der Waals surface area contributed by atoms with Gasteiger partial charge in [-0.3, -0.25) is 9.69 Å². The van der Waals surface area contributed by atoms with E-state index in [1.165, 1.54) is 6.42 Å². The van der Waals surface area contributed by atoms with Gasteiger partial charge in [-0.05, 0) is 56.5 Å². The van der Waals surface area contributed by atoms with E-state index in [9.17, 15) is 4.79 Å². The molecule has 1 aliphatic heterocycles. The summed E-state index contributed by atoms with van der Waals surface area (Å²) < 4.78 is 0. The number of carbonyl (C=O) groups is 1. The third-order valence-electron chi connectivity index (χ3n) is 3.85. The molecule has 5 heteroatoms. The van der Waals surface area contributed by atoms with Gasteiger partial charge in [0.05, 0.1) is 6.54 Å². The molecular weight excluding hydrogens is 274 g/mol. The minimum atomic E-state index is 0.00744. The summed E-state index contributed by atoms with van der Waals surface area (Å²) in [5, 5.41) is 3.61. The molecule has 1 unspecified atom stereocenters. The number of nitrogens with zero attached hydrogens (tertiary/aromatic N) is 1. The van der Waals surface area contributed by atoms with Crippen LogP contribution in [0.4, 0.5) is 5.69 Å². The van der Waals surface area contributed by atoms with Crippen LogP contribution in [-0.4, -0.2) is 37.0 Å². The third-order valence-corrected chi connectivity index (χ3v) is 4.25. The number of likely N-dealkylation sites (tertiary alicyclic amines) is 1. The predicted molar refractivity (Wildman–Crippen MR) is 83.0 cm³/mol. The second-order valence-electron chi connectivity index (χ2n) is 5.44. The topological polar surface area (TPSA) is 58.4 Å². The number of hydrogen-bond acceptors (Lipinski definition) is 3. The highest BCUT2D eigenvalue weighted by molar-refractivity contribution is 6.31. The number of hydrogen-bond donors (Lipinski definition) is 2. The maximum Gasteiger partial charge on any atom is 0.238 e. The van der Waals surface area contributed by atoms with Gasteiger partial charge in [0.15, 0.2) is 0 Å². The maximum absolute atomic E-state index is 12.1. The van der Waals surface area contributed by atoms with Crippen molar-refractivity contribution in [2.24, 2.45) is 11.7 Å². The van der Waals surface area contributed by atoms with Gasteiger partial charge in [-0.2, -0.15) is 0 Å². The van der Waals surface area contributed by atoms with Crippen molar-refractivity contribution < 1.29 is 4.79 Å². The van der Waals surface area contributed by atoms with Crippen molar-refractivity contribution in [3.05, 3.63) is 28.8 Å². The van der Waals surface area contributed by atoms with Gasteiger partial charge in [0.25, 0.3) is 0 Å². The second kappa shape index (κ2) is 7.07. The Labute approximate surface area is 125 Å². The summed E-state index contributed by atoms with van der Waals surface area (Å²) in [6, 6.07) is 5.54. The Balaban J connectivity index is 1.90. The Morgan fingerprint density at radius 1 is 1.55 bits per heavy atom. The number of piperidine rings is 1. The lowest BCUT2D eigenvalue weighted by molar-refractivity contribution is -0.117. The molecule has 1 aliphatic rings. The van der Waals surface area contributed by atoms with Crippen LogP contribution in [0.1, 0.15) is 18.4 Å². The Bertz CT molecular complexity index is 478. The number of halogens is 1. The fraction of sp³-hybridized carbons (Fsp3) is 0.533. The van der Waals surface area contributed by atoms with Gasteiger partial charge < -0.3 is 11.1 Å². The largest absolute Gasteiger partial charge is 0.330 e. The molecule has 0 aliphatic carbocycles. The van der Waals surface area contributed by atoms with Crippen molar-refractivity contribution in [3.8, 4) is 0 Å². The molecule has 3 N–H and O–H groups in total. The number of rotatable bonds is 4. The van der Waals surface area contributed by atoms with E-state index in [4.69, 9.17) is 17.3 Å². The van der Waals surface area contributed by atoms with Crippen molar-refractivity contribution in [2.45, 2.75) is 19.8 Å². The molecule has 4 nitrogen and oxygen atoms in total. The SMILES string of the molecule is Cc1c(Cl)cccc1NC(=O)CN1CCCC(CN)C1. The molecule has 0 saturated carbocycles. The van der Waals surface area contributed by atoms with Crippen LogP contribution in [0.25, 0.3) is 0 Å². The Morgan fingerprint density at radius 2 is 2.35 bits per heavy atom. The monoisotopic (exact) mass is 295 g/mol. The first-order valence-electron chi connectivity index (χ1n) is 7.07. The van der Waals surface area contributed by atoms with Crippen LogP contribution in [-0.2, 0) is 4.79 Å². The summed E-state index contributed by atoms with van der Waals surface area (Å²) in [5.41, 5.74) is 7.41. The molecule has 1 saturated heterocycles. The van der Waals surface area contributed by atoms with E-state index in [-0.39, 0.29) is 5.91 Å². The molecule has 1 aromatic carbocycles. The fourth-order valence-electron chi connectivity index (χ4n) is 2.62. The minimum absolute atomic E-state index is 0.00744. The van der Waals surface area contributed by atoms with Crippen LogP contribution in [0.15, 0.2) is 18.2 Å². The molecule has 0 bridgehead atoms. The molecular formula is C15H22ClN3O. The molecule has 20 heavy (non-hydrogen) atoms. The lowest BCUT2D eigenvalue weighted by Crippen LogP contribution is -2.42. The van der Waals surface area contributed by atoms with Crippen LogP contribution in [0.5, 0.6) is 0 Å². The smallest absolute Gasteiger partial charge is 0.238 e. The van der Waals surface area contributed by atoms with Crippen molar-refractivity contribution >= 4 is 23.2 Å². The average Bonchev–Trinajstić information content (AvgIpc) is 2.44. The predicted octanol–water partition coefficient (Wildman–Crippen LogP) is 2.26. The van der Waals surface area contributed by atoms with Gasteiger partial charge in [-0.1, -0.05) is 17.7 Å². The van der Waals surface area contributed by atoms with Crippen molar-refractivity contribution in [3.63, 3.8) is 0 Å². The second-order valence-corrected chi connectivity index (χ2v) is 5.85. The van der Waals surface area contributed by atoms with Gasteiger partial charge in [-0.15, -0.1) is 0 Å². The summed E-state index contributed by atoms with van der Waals surface area (Å²) in [5.74, 6) is 0.525. The quantitative estimate of drug-likeness (QED) is 0.896. The molecule has 1 heterocycles. The van der Waals surface area contributed by atoms with Crippen molar-refractivity contribution in [1.82, 2.24) is 4.90 Å². The number of carbonyl (C=O) groups excluding carboxylic acids is 1. The first-order valence-corrected chi connectivity index (χ1v) is 7.45. The molecule has 0 spiro atoms. The molecule has 0 radical (unpaired) electrons. The van der Waals surface area contributed by atoms with E-state index in [1.54, 1.807) is 0 Å². The first-order chi connectivity index (χ1) is 9.60. The summed E-state index contributed by atoms with van der Waals surface area (Å²) in [6.45, 7) is 4.91. The summed E-state index contributed by atoms with van der Waals surface area (Å²) in [6.07, 6.45) is 2.29. The Morgan fingerprint density at radius 3 is 3.10 bits per heavy atom. The van der Waals surface area contributed by atoms with Gasteiger partial charge in [-0.25, -0.2) is 0 Å². The van der Waals surface area contributed by atoms with Crippen LogP contribution in [0, 0.1) is 12.8 Å². The van der Waals surface area contributed by atoms with Crippen molar-refractivity contribution in [1.29, 1.82) is 0 Å². The fourth-order valence-corrected chi connectivity index (χ4v) is 2.80. The molecule has 110 valence electrons. The van der Waals surface area contributed by atoms with E-state index in [0.717, 1.165) is 30.8 Å². The minimum Gasteiger partial charge on any atom is -0.330 e. The summed E-state index contributed by atoms with van der Waals surface area (Å²) >= 11 is 6.05. The lowest BCUT2D eigenvalue weighted by atomic mass is 9.98. The molecule has 0 aromatic heterocycles. The molecule has 1 fully saturated rings. The molecule has 2 rings (SSSR count). The van der Waals surface area contributed by atoms with E-state index >= 15 is 0 Å². The standard InChI is InChI=1S/C15H22ClN3O/c1-11-13(16)5-2-6-14(11)18-15(20)10-19-7-3-4-12(8-17)9-19/h2,5-6,12H,3-4,7-10,17H2,1H3,(H,18,20). The first kappa shape index (κ1) is 15.3. The highest BCUT2D eigenvalue weighted by Crippen LogP contribution is 2.23. The maximum atomic E-state index is 12.1. The zero-order valence-corrected chi connectivity index (χ0v) is 12.6. The van der Waals surface area contributed by atoms with Crippen LogP contribution < -0.4 is 11.1 Å². The number of benzene rings is 1. The zero-order chi connectivity index (χ0) is 14.5. The highest BCUT2D eigenvalue weighted by Gasteiger charge is 2.20. The van der Waals surface area contributed by atoms with E-state index in [0.29, 0.717) is 24.0 Å². The Kier molecular flexibility index (Phi) is 5.40. The van der Waals surface area contributed by atoms with Crippen molar-refractivity contribution in [2.75, 3.05) is 31.5 Å². The van der Waals surface area contributed by atoms with Crippen LogP contribution >= 0.6 is 11.6 Å². The van der Waals surface area contributed by atoms with Gasteiger partial charge in [0.2, 0.25) is 5.91 Å². The van der Waals surface area contributed by atoms with Crippen LogP contribution in [0.3, 0.4) is 0 Å². The molecule has 1 atom stereocenters. The normalized spacial score (nSPS) is 19.9. The van der Waals surface area contributed by atoms with Gasteiger partial charge in [0, 0.05) is 17.3 Å². The highest BCUT2D eigenvalue weighted by atomic mass is 35.5. The van der Waals surface area contributed by atoms with E-state index in [2.05, 4.69) is 10.2 Å². The number of nitrogens with two attached hydrogens (primary N) is 1. The Hall–Kier alpha value is -1.10. The molecule has 1 amide bonds. The molecule has 1 aromatic rings. The number of nitrogens with one attached hydrogen (secondary N) is 1. The third kappa shape index (κ3) is 3.95. The van der Waals surface area contributed by atoms with Crippen LogP contribution in [0.2, 0.25) is 5.02 Å². The summed E-state index contributed by atoms with van der Waals surface area (Å²) in [4.78, 5) is 14.3. The lowest BCUT2D eigenvalue weighted by Gasteiger charge is -2.31. The van der Waals surface area contributed by atoms with E-state index in [1.807, 2.05) is 25.1 Å². The zero-order valence-electron chi connectivity index (χ0n) is 11.9. The summed E-state index contributed by atoms with van der Waals surface area (Å²) in [7, 11) is 0. The average molecular weight is 296 g/mol. The van der Waals surface area contributed by atoms with E-state index < -0.39 is 0 Å². The van der Waals surface area contributed by atoms with Gasteiger partial charge in [0.1, 0.15) is 0 Å². The number of amides is 1. The van der Waals surface area contributed by atoms with Gasteiger partial charge >= 0.3 is 0 Å².